The lowest BCUT2D eigenvalue weighted by molar-refractivity contribution is -0.845. The molecular weight excluding hydrogens is 188 g/mol. The van der Waals surface area contributed by atoms with Crippen LogP contribution in [-0.4, -0.2) is 50.2 Å². The molecule has 0 radical (unpaired) electrons. The molecule has 0 N–H and O–H groups in total. The molecule has 0 bridgehead atoms. The van der Waals surface area contributed by atoms with E-state index in [1.807, 2.05) is 0 Å². The molecule has 0 saturated carbocycles. The van der Waals surface area contributed by atoms with Crippen LogP contribution in [0.25, 0.3) is 0 Å². The summed E-state index contributed by atoms with van der Waals surface area (Å²) in [6.07, 6.45) is 6.57. The lowest BCUT2D eigenvalue weighted by Gasteiger charge is -2.39. The highest BCUT2D eigenvalue weighted by atomic mass is 16.5. The van der Waals surface area contributed by atoms with Crippen LogP contribution in [0.1, 0.15) is 32.1 Å². The number of fused-ring (bicyclic) bond motifs is 1. The number of quaternary nitrogens is 1. The molecule has 0 aliphatic carbocycles. The van der Waals surface area contributed by atoms with E-state index in [1.165, 1.54) is 51.0 Å². The largest absolute Gasteiger partial charge is 0.379 e. The van der Waals surface area contributed by atoms with Crippen LogP contribution in [0.4, 0.5) is 0 Å². The number of amidine groups is 1. The highest BCUT2D eigenvalue weighted by molar-refractivity contribution is 5.76. The Kier molecular flexibility index (Phi) is 3.76. The minimum absolute atomic E-state index is 0.874. The fourth-order valence-corrected chi connectivity index (χ4v) is 2.91. The van der Waals surface area contributed by atoms with Gasteiger partial charge in [0.15, 0.2) is 5.84 Å². The van der Waals surface area contributed by atoms with Gasteiger partial charge in [0.05, 0.1) is 19.7 Å². The first-order valence-corrected chi connectivity index (χ1v) is 6.26. The second-order valence-electron chi connectivity index (χ2n) is 4.77. The van der Waals surface area contributed by atoms with Gasteiger partial charge in [0.2, 0.25) is 0 Å². The number of hydrogen-bond acceptors (Lipinski definition) is 2. The second kappa shape index (κ2) is 5.08. The molecule has 1 unspecified atom stereocenters. The second-order valence-corrected chi connectivity index (χ2v) is 4.77. The number of rotatable bonds is 3. The highest BCUT2D eigenvalue weighted by Gasteiger charge is 2.36. The average Bonchev–Trinajstić information content (AvgIpc) is 2.49. The zero-order valence-electron chi connectivity index (χ0n) is 9.87. The molecule has 2 rings (SSSR count). The van der Waals surface area contributed by atoms with Gasteiger partial charge in [0.25, 0.3) is 0 Å². The summed E-state index contributed by atoms with van der Waals surface area (Å²) >= 11 is 0. The molecule has 2 aliphatic rings. The first kappa shape index (κ1) is 11.1. The summed E-state index contributed by atoms with van der Waals surface area (Å²) in [5.41, 5.74) is 0. The Morgan fingerprint density at radius 1 is 1.20 bits per heavy atom. The van der Waals surface area contributed by atoms with Crippen LogP contribution >= 0.6 is 0 Å². The van der Waals surface area contributed by atoms with Gasteiger partial charge in [0.1, 0.15) is 6.54 Å². The smallest absolute Gasteiger partial charge is 0.198 e. The standard InChI is InChI=1S/C12H23N2O/c1-15-11-10-14-8-4-2-3-6-12(14)13-7-5-9-14/h2-11H2,1H3/q+1. The van der Waals surface area contributed by atoms with Crippen molar-refractivity contribution in [3.63, 3.8) is 0 Å². The number of nitrogens with zero attached hydrogens (tertiary/aromatic N) is 2. The van der Waals surface area contributed by atoms with Crippen molar-refractivity contribution < 1.29 is 9.22 Å². The number of methoxy groups -OCH3 is 1. The predicted octanol–water partition coefficient (Wildman–Crippen LogP) is 1.83. The zero-order chi connectivity index (χ0) is 10.6. The van der Waals surface area contributed by atoms with E-state index in [2.05, 4.69) is 0 Å². The molecule has 0 amide bonds. The molecule has 0 aromatic rings. The molecule has 15 heavy (non-hydrogen) atoms. The van der Waals surface area contributed by atoms with Crippen LogP contribution in [0.5, 0.6) is 0 Å². The Labute approximate surface area is 92.7 Å². The van der Waals surface area contributed by atoms with Gasteiger partial charge in [-0.2, -0.15) is 0 Å². The van der Waals surface area contributed by atoms with E-state index in [4.69, 9.17) is 9.73 Å². The third-order valence-corrected chi connectivity index (χ3v) is 3.80. The van der Waals surface area contributed by atoms with Crippen molar-refractivity contribution in [3.8, 4) is 0 Å². The molecule has 2 heterocycles. The lowest BCUT2D eigenvalue weighted by atomic mass is 10.2. The maximum Gasteiger partial charge on any atom is 0.198 e. The molecular formula is C12H23N2O+. The monoisotopic (exact) mass is 211 g/mol. The first-order valence-electron chi connectivity index (χ1n) is 6.26. The average molecular weight is 211 g/mol. The van der Waals surface area contributed by atoms with Gasteiger partial charge in [-0.15, -0.1) is 0 Å². The number of hydrogen-bond donors (Lipinski definition) is 0. The zero-order valence-corrected chi connectivity index (χ0v) is 9.87. The van der Waals surface area contributed by atoms with Gasteiger partial charge in [-0.05, 0) is 19.3 Å². The summed E-state index contributed by atoms with van der Waals surface area (Å²) in [6.45, 7) is 5.65. The predicted molar refractivity (Wildman–Crippen MR) is 62.1 cm³/mol. The van der Waals surface area contributed by atoms with E-state index in [0.29, 0.717) is 0 Å². The molecule has 0 aromatic heterocycles. The Bertz CT molecular complexity index is 240. The van der Waals surface area contributed by atoms with Crippen LogP contribution in [0.3, 0.4) is 0 Å². The molecule has 1 atom stereocenters. The summed E-state index contributed by atoms with van der Waals surface area (Å²) in [4.78, 5) is 4.77. The van der Waals surface area contributed by atoms with Gasteiger partial charge >= 0.3 is 0 Å². The van der Waals surface area contributed by atoms with Crippen LogP contribution in [-0.2, 0) is 4.74 Å². The fourth-order valence-electron chi connectivity index (χ4n) is 2.91. The van der Waals surface area contributed by atoms with Crippen molar-refractivity contribution >= 4 is 5.84 Å². The molecule has 86 valence electrons. The highest BCUT2D eigenvalue weighted by Crippen LogP contribution is 2.24. The third-order valence-electron chi connectivity index (χ3n) is 3.80. The number of ether oxygens (including phenoxy) is 1. The Morgan fingerprint density at radius 3 is 2.93 bits per heavy atom. The van der Waals surface area contributed by atoms with Crippen LogP contribution in [0, 0.1) is 0 Å². The Balaban J connectivity index is 2.13. The Morgan fingerprint density at radius 2 is 2.07 bits per heavy atom. The van der Waals surface area contributed by atoms with Crippen LogP contribution < -0.4 is 0 Å². The lowest BCUT2D eigenvalue weighted by Crippen LogP contribution is -2.56. The molecule has 3 nitrogen and oxygen atoms in total. The summed E-state index contributed by atoms with van der Waals surface area (Å²) < 4.78 is 6.41. The van der Waals surface area contributed by atoms with E-state index in [-0.39, 0.29) is 0 Å². The fraction of sp³-hybridized carbons (Fsp3) is 0.917. The molecule has 1 saturated heterocycles. The van der Waals surface area contributed by atoms with Gasteiger partial charge < -0.3 is 4.74 Å². The SMILES string of the molecule is COCC[N+]12CCCCCC1=NCCC2. The summed E-state index contributed by atoms with van der Waals surface area (Å²) in [5.74, 6) is 1.47. The van der Waals surface area contributed by atoms with Crippen LogP contribution in [0.15, 0.2) is 4.99 Å². The minimum atomic E-state index is 0.874. The minimum Gasteiger partial charge on any atom is -0.379 e. The summed E-state index contributed by atoms with van der Waals surface area (Å²) in [7, 11) is 1.80. The van der Waals surface area contributed by atoms with Crippen LogP contribution in [0.2, 0.25) is 0 Å². The van der Waals surface area contributed by atoms with Crippen molar-refractivity contribution in [1.82, 2.24) is 0 Å². The molecule has 3 heteroatoms. The van der Waals surface area contributed by atoms with Crippen molar-refractivity contribution in [2.45, 2.75) is 32.1 Å². The first-order chi connectivity index (χ1) is 7.37. The molecule has 2 aliphatic heterocycles. The van der Waals surface area contributed by atoms with E-state index in [1.54, 1.807) is 7.11 Å². The Hall–Kier alpha value is -0.410. The van der Waals surface area contributed by atoms with Gasteiger partial charge in [0, 0.05) is 26.5 Å². The van der Waals surface area contributed by atoms with Gasteiger partial charge in [-0.1, -0.05) is 0 Å². The van der Waals surface area contributed by atoms with Gasteiger partial charge in [-0.25, -0.2) is 4.99 Å². The topological polar surface area (TPSA) is 21.6 Å². The van der Waals surface area contributed by atoms with Crippen molar-refractivity contribution in [3.05, 3.63) is 0 Å². The summed E-state index contributed by atoms with van der Waals surface area (Å²) in [5, 5.41) is 0. The molecule has 1 fully saturated rings. The maximum absolute atomic E-state index is 5.26. The maximum atomic E-state index is 5.26. The molecule has 0 spiro atoms. The van der Waals surface area contributed by atoms with Crippen molar-refractivity contribution in [2.75, 3.05) is 39.9 Å². The third kappa shape index (κ3) is 2.40. The normalized spacial score (nSPS) is 31.7. The van der Waals surface area contributed by atoms with E-state index in [0.717, 1.165) is 24.2 Å². The quantitative estimate of drug-likeness (QED) is 0.653. The van der Waals surface area contributed by atoms with E-state index >= 15 is 0 Å². The summed E-state index contributed by atoms with van der Waals surface area (Å²) in [6, 6.07) is 0. The van der Waals surface area contributed by atoms with Gasteiger partial charge in [-0.3, -0.25) is 4.48 Å². The number of aliphatic imine (C=N–C) groups is 1. The van der Waals surface area contributed by atoms with E-state index < -0.39 is 0 Å². The molecule has 0 aromatic carbocycles. The van der Waals surface area contributed by atoms with Crippen molar-refractivity contribution in [1.29, 1.82) is 0 Å². The van der Waals surface area contributed by atoms with Crippen molar-refractivity contribution in [2.24, 2.45) is 4.99 Å². The van der Waals surface area contributed by atoms with E-state index in [9.17, 15) is 0 Å².